The van der Waals surface area contributed by atoms with Crippen molar-refractivity contribution >= 4 is 43.5 Å². The molecule has 0 unspecified atom stereocenters. The number of phenols is 4. The van der Waals surface area contributed by atoms with Crippen molar-refractivity contribution in [1.29, 1.82) is 0 Å². The fraction of sp³-hybridized carbons (Fsp3) is 0. The minimum absolute atomic E-state index is 0.00292. The summed E-state index contributed by atoms with van der Waals surface area (Å²) in [6.45, 7) is 0. The summed E-state index contributed by atoms with van der Waals surface area (Å²) in [5.74, 6) is -4.27. The van der Waals surface area contributed by atoms with Crippen molar-refractivity contribution in [3.63, 3.8) is 0 Å². The Bertz CT molecular complexity index is 1910. The average molecular weight is 610 g/mol. The van der Waals surface area contributed by atoms with Crippen molar-refractivity contribution in [2.75, 3.05) is 0 Å². The minimum atomic E-state index is -3.16. The molecule has 2 aliphatic carbocycles. The second-order valence-corrected chi connectivity index (χ2v) is 10.7. The molecule has 11 nitrogen and oxygen atoms in total. The molecule has 0 radical (unpaired) electrons. The molecule has 0 heterocycles. The van der Waals surface area contributed by atoms with Crippen LogP contribution in [0.5, 0.6) is 23.0 Å². The first kappa shape index (κ1) is 28.2. The van der Waals surface area contributed by atoms with Gasteiger partial charge in [-0.3, -0.25) is 19.2 Å². The minimum Gasteiger partial charge on any atom is -0.507 e. The third-order valence-electron chi connectivity index (χ3n) is 7.10. The zero-order valence-electron chi connectivity index (χ0n) is 22.2. The summed E-state index contributed by atoms with van der Waals surface area (Å²) in [7, 11) is -3.16. The van der Waals surface area contributed by atoms with Crippen molar-refractivity contribution < 1.29 is 53.2 Å². The Balaban J connectivity index is 1.14. The highest BCUT2D eigenvalue weighted by atomic mass is 31.1. The van der Waals surface area contributed by atoms with Crippen molar-refractivity contribution in [2.24, 2.45) is 0 Å². The van der Waals surface area contributed by atoms with Crippen LogP contribution in [0.3, 0.4) is 0 Å². The number of fused-ring (bicyclic) bond motifs is 4. The van der Waals surface area contributed by atoms with E-state index >= 15 is 0 Å². The lowest BCUT2D eigenvalue weighted by Crippen LogP contribution is -2.21. The van der Waals surface area contributed by atoms with Crippen LogP contribution in [0.25, 0.3) is 12.2 Å². The number of aromatic hydroxyl groups is 4. The molecule has 0 fully saturated rings. The second-order valence-electron chi connectivity index (χ2n) is 9.73. The van der Waals surface area contributed by atoms with E-state index < -0.39 is 42.9 Å². The molecule has 12 heteroatoms. The molecule has 0 bridgehead atoms. The monoisotopic (exact) mass is 610 g/mol. The van der Waals surface area contributed by atoms with Crippen LogP contribution in [-0.2, 0) is 13.6 Å². The molecule has 0 saturated carbocycles. The lowest BCUT2D eigenvalue weighted by Gasteiger charge is -2.19. The third kappa shape index (κ3) is 4.61. The summed E-state index contributed by atoms with van der Waals surface area (Å²) in [6.07, 6.45) is 4.58. The van der Waals surface area contributed by atoms with E-state index in [2.05, 4.69) is 0 Å². The van der Waals surface area contributed by atoms with E-state index in [4.69, 9.17) is 9.05 Å². The van der Waals surface area contributed by atoms with Gasteiger partial charge in [-0.2, -0.15) is 0 Å². The molecule has 6 rings (SSSR count). The van der Waals surface area contributed by atoms with Gasteiger partial charge in [0, 0.05) is 22.3 Å². The Labute approximate surface area is 248 Å². The smallest absolute Gasteiger partial charge is 0.417 e. The van der Waals surface area contributed by atoms with Gasteiger partial charge in [0.15, 0.2) is 11.6 Å². The fourth-order valence-corrected chi connectivity index (χ4v) is 5.58. The molecule has 4 aromatic carbocycles. The summed E-state index contributed by atoms with van der Waals surface area (Å²) >= 11 is 0. The number of ketones is 4. The van der Waals surface area contributed by atoms with Crippen LogP contribution in [-0.4, -0.2) is 43.6 Å². The fourth-order valence-electron chi connectivity index (χ4n) is 5.17. The molecule has 0 aliphatic heterocycles. The van der Waals surface area contributed by atoms with Gasteiger partial charge >= 0.3 is 8.25 Å². The van der Waals surface area contributed by atoms with E-state index in [1.54, 1.807) is 0 Å². The Morgan fingerprint density at radius 1 is 0.500 bits per heavy atom. The molecule has 0 amide bonds. The SMILES string of the molecule is O=C1c2cccc(O)c2C(=O)c2c(O)cc(C=CO[PH](=O)OC=Cc3cc(O)c4c(c3)C(=O)c3cccc(O)c3C4=O)cc21. The van der Waals surface area contributed by atoms with Gasteiger partial charge in [-0.1, -0.05) is 24.3 Å². The van der Waals surface area contributed by atoms with E-state index in [0.717, 1.165) is 12.5 Å². The Kier molecular flexibility index (Phi) is 6.87. The summed E-state index contributed by atoms with van der Waals surface area (Å²) < 4.78 is 22.3. The van der Waals surface area contributed by atoms with Gasteiger partial charge < -0.3 is 29.5 Å². The van der Waals surface area contributed by atoms with E-state index in [1.165, 1.54) is 72.8 Å². The van der Waals surface area contributed by atoms with Crippen molar-refractivity contribution in [3.8, 4) is 23.0 Å². The molecule has 4 N–H and O–H groups in total. The lowest BCUT2D eigenvalue weighted by atomic mass is 9.82. The molecule has 0 saturated heterocycles. The van der Waals surface area contributed by atoms with Crippen LogP contribution < -0.4 is 0 Å². The largest absolute Gasteiger partial charge is 0.507 e. The quantitative estimate of drug-likeness (QED) is 0.145. The molecule has 44 heavy (non-hydrogen) atoms. The van der Waals surface area contributed by atoms with Crippen LogP contribution in [0, 0.1) is 0 Å². The van der Waals surface area contributed by atoms with Crippen molar-refractivity contribution in [2.45, 2.75) is 0 Å². The molecule has 218 valence electrons. The molecule has 0 spiro atoms. The highest BCUT2D eigenvalue weighted by Gasteiger charge is 2.35. The molecule has 4 aromatic rings. The summed E-state index contributed by atoms with van der Waals surface area (Å²) in [5, 5.41) is 41.1. The Hall–Kier alpha value is -5.93. The summed E-state index contributed by atoms with van der Waals surface area (Å²) in [5.41, 5.74) is -0.532. The van der Waals surface area contributed by atoms with Gasteiger partial charge in [0.2, 0.25) is 11.6 Å². The Morgan fingerprint density at radius 3 is 1.30 bits per heavy atom. The van der Waals surface area contributed by atoms with Gasteiger partial charge in [-0.15, -0.1) is 0 Å². The van der Waals surface area contributed by atoms with Gasteiger partial charge in [-0.25, -0.2) is 4.57 Å². The maximum absolute atomic E-state index is 13.0. The van der Waals surface area contributed by atoms with E-state index in [1.807, 2.05) is 0 Å². The van der Waals surface area contributed by atoms with Gasteiger partial charge in [0.05, 0.1) is 34.8 Å². The zero-order chi connectivity index (χ0) is 31.3. The molecule has 2 aliphatic rings. The highest BCUT2D eigenvalue weighted by molar-refractivity contribution is 7.33. The van der Waals surface area contributed by atoms with Gasteiger partial charge in [-0.05, 0) is 59.7 Å². The second kappa shape index (κ2) is 10.7. The maximum Gasteiger partial charge on any atom is 0.417 e. The first-order valence-corrected chi connectivity index (χ1v) is 14.1. The number of rotatable bonds is 6. The Morgan fingerprint density at radius 2 is 0.886 bits per heavy atom. The van der Waals surface area contributed by atoms with Crippen LogP contribution in [0.4, 0.5) is 0 Å². The van der Waals surface area contributed by atoms with Gasteiger partial charge in [0.1, 0.15) is 23.0 Å². The van der Waals surface area contributed by atoms with Crippen molar-refractivity contribution in [3.05, 3.63) is 129 Å². The average Bonchev–Trinajstić information content (AvgIpc) is 2.98. The first-order valence-electron chi connectivity index (χ1n) is 12.8. The normalized spacial score (nSPS) is 14.3. The molecular formula is C32H19O11P. The third-order valence-corrected chi connectivity index (χ3v) is 7.76. The van der Waals surface area contributed by atoms with Crippen molar-refractivity contribution in [1.82, 2.24) is 0 Å². The lowest BCUT2D eigenvalue weighted by molar-refractivity contribution is 0.0974. The summed E-state index contributed by atoms with van der Waals surface area (Å²) in [4.78, 5) is 51.7. The van der Waals surface area contributed by atoms with Crippen LogP contribution in [0.2, 0.25) is 0 Å². The predicted octanol–water partition coefficient (Wildman–Crippen LogP) is 5.12. The number of hydrogen-bond acceptors (Lipinski definition) is 11. The van der Waals surface area contributed by atoms with E-state index in [9.17, 15) is 44.2 Å². The van der Waals surface area contributed by atoms with Gasteiger partial charge in [0.25, 0.3) is 0 Å². The predicted molar refractivity (Wildman–Crippen MR) is 155 cm³/mol. The van der Waals surface area contributed by atoms with Crippen LogP contribution in [0.15, 0.2) is 73.2 Å². The number of benzene rings is 4. The number of phenolic OH excluding ortho intramolecular Hbond substituents is 4. The standard InChI is InChI=1S/C32H19O11P/c33-21-5-1-3-17-25(21)31(39)27-19(29(17)37)11-15(13-23(27)35)7-9-42-44(41)43-10-8-16-12-20-28(24(36)14-16)32(40)26-18(30(20)38)4-2-6-22(26)34/h1-14,33-36,44H. The topological polar surface area (TPSA) is 185 Å². The molecule has 0 aromatic heterocycles. The maximum atomic E-state index is 13.0. The molecule has 0 atom stereocenters. The van der Waals surface area contributed by atoms with E-state index in [-0.39, 0.29) is 67.1 Å². The number of hydrogen-bond donors (Lipinski definition) is 4. The van der Waals surface area contributed by atoms with Crippen LogP contribution >= 0.6 is 8.25 Å². The summed E-state index contributed by atoms with van der Waals surface area (Å²) in [6, 6.07) is 13.3. The number of carbonyl (C=O) groups is 4. The van der Waals surface area contributed by atoms with E-state index in [0.29, 0.717) is 0 Å². The molecular weight excluding hydrogens is 591 g/mol. The first-order chi connectivity index (χ1) is 21.1. The number of carbonyl (C=O) groups excluding carboxylic acids is 4. The highest BCUT2D eigenvalue weighted by Crippen LogP contribution is 2.39. The zero-order valence-corrected chi connectivity index (χ0v) is 23.2. The van der Waals surface area contributed by atoms with Crippen LogP contribution in [0.1, 0.15) is 74.8 Å².